The molecule has 1 N–H and O–H groups in total. The summed E-state index contributed by atoms with van der Waals surface area (Å²) in [7, 11) is 1.98. The Hall–Kier alpha value is -0.710. The quantitative estimate of drug-likeness (QED) is 0.929. The maximum atomic E-state index is 4.22. The van der Waals surface area contributed by atoms with Crippen molar-refractivity contribution in [3.8, 4) is 0 Å². The van der Waals surface area contributed by atoms with Crippen molar-refractivity contribution in [3.63, 3.8) is 0 Å². The van der Waals surface area contributed by atoms with Crippen molar-refractivity contribution in [2.45, 2.75) is 19.4 Å². The van der Waals surface area contributed by atoms with E-state index in [9.17, 15) is 0 Å². The first-order valence-electron chi connectivity index (χ1n) is 5.61. The summed E-state index contributed by atoms with van der Waals surface area (Å²) in [6.45, 7) is 2.19. The van der Waals surface area contributed by atoms with Gasteiger partial charge in [-0.3, -0.25) is 4.98 Å². The third kappa shape index (κ3) is 2.94. The second-order valence-electron chi connectivity index (χ2n) is 3.82. The molecule has 90 valence electrons. The zero-order valence-electron chi connectivity index (χ0n) is 9.90. The molecule has 0 fully saturated rings. The lowest BCUT2D eigenvalue weighted by atomic mass is 10.1. The average molecular weight is 311 g/mol. The Morgan fingerprint density at radius 2 is 2.24 bits per heavy atom. The van der Waals surface area contributed by atoms with E-state index in [4.69, 9.17) is 0 Å². The van der Waals surface area contributed by atoms with Gasteiger partial charge in [-0.2, -0.15) is 0 Å². The van der Waals surface area contributed by atoms with E-state index in [1.807, 2.05) is 30.8 Å². The van der Waals surface area contributed by atoms with E-state index in [1.165, 1.54) is 15.3 Å². The minimum Gasteiger partial charge on any atom is -0.309 e. The number of nitrogens with zero attached hydrogens (tertiary/aromatic N) is 1. The maximum Gasteiger partial charge on any atom is 0.0684 e. The van der Waals surface area contributed by atoms with Crippen molar-refractivity contribution in [2.75, 3.05) is 7.05 Å². The topological polar surface area (TPSA) is 24.9 Å². The predicted molar refractivity (Wildman–Crippen MR) is 76.5 cm³/mol. The summed E-state index contributed by atoms with van der Waals surface area (Å²) in [5.74, 6) is 0. The van der Waals surface area contributed by atoms with Crippen LogP contribution in [0.3, 0.4) is 0 Å². The molecule has 4 heteroatoms. The zero-order chi connectivity index (χ0) is 12.3. The molecular formula is C13H15BrN2S. The summed E-state index contributed by atoms with van der Waals surface area (Å²) in [6.07, 6.45) is 4.82. The molecule has 2 aromatic rings. The van der Waals surface area contributed by atoms with Gasteiger partial charge in [0.05, 0.1) is 6.04 Å². The van der Waals surface area contributed by atoms with Crippen LogP contribution >= 0.6 is 27.3 Å². The van der Waals surface area contributed by atoms with Gasteiger partial charge in [0, 0.05) is 26.6 Å². The van der Waals surface area contributed by atoms with Gasteiger partial charge in [-0.25, -0.2) is 0 Å². The highest BCUT2D eigenvalue weighted by molar-refractivity contribution is 9.10. The summed E-state index contributed by atoms with van der Waals surface area (Å²) in [4.78, 5) is 6.98. The second-order valence-corrected chi connectivity index (χ2v) is 5.93. The Bertz CT molecular complexity index is 496. The van der Waals surface area contributed by atoms with Crippen LogP contribution in [0, 0.1) is 0 Å². The number of aromatic nitrogens is 1. The molecule has 0 aliphatic carbocycles. The van der Waals surface area contributed by atoms with E-state index in [-0.39, 0.29) is 6.04 Å². The molecule has 1 unspecified atom stereocenters. The van der Waals surface area contributed by atoms with E-state index >= 15 is 0 Å². The molecule has 0 amide bonds. The van der Waals surface area contributed by atoms with Gasteiger partial charge >= 0.3 is 0 Å². The molecule has 0 spiro atoms. The van der Waals surface area contributed by atoms with Gasteiger partial charge in [-0.1, -0.05) is 6.92 Å². The van der Waals surface area contributed by atoms with Crippen LogP contribution in [0.1, 0.15) is 28.3 Å². The maximum absolute atomic E-state index is 4.22. The lowest BCUT2D eigenvalue weighted by molar-refractivity contribution is 0.700. The van der Waals surface area contributed by atoms with Crippen molar-refractivity contribution in [1.29, 1.82) is 0 Å². The lowest BCUT2D eigenvalue weighted by Crippen LogP contribution is -2.16. The summed E-state index contributed by atoms with van der Waals surface area (Å²) < 4.78 is 1.02. The summed E-state index contributed by atoms with van der Waals surface area (Å²) >= 11 is 5.32. The van der Waals surface area contributed by atoms with Crippen molar-refractivity contribution < 1.29 is 0 Å². The zero-order valence-corrected chi connectivity index (χ0v) is 12.3. The van der Waals surface area contributed by atoms with Gasteiger partial charge in [0.15, 0.2) is 0 Å². The van der Waals surface area contributed by atoms with Crippen molar-refractivity contribution in [2.24, 2.45) is 0 Å². The van der Waals surface area contributed by atoms with Crippen LogP contribution in [-0.2, 0) is 6.42 Å². The number of nitrogens with one attached hydrogen (secondary N) is 1. The number of pyridine rings is 1. The fourth-order valence-corrected chi connectivity index (χ4v) is 3.27. The second kappa shape index (κ2) is 5.76. The SMILES string of the molecule is CCc1ccc(C(NC)c2cncc(Br)c2)s1. The molecule has 0 aromatic carbocycles. The Labute approximate surface area is 114 Å². The molecule has 0 saturated heterocycles. The van der Waals surface area contributed by atoms with Gasteiger partial charge in [0.1, 0.15) is 0 Å². The minimum atomic E-state index is 0.227. The van der Waals surface area contributed by atoms with E-state index in [0.29, 0.717) is 0 Å². The van der Waals surface area contributed by atoms with Crippen LogP contribution in [0.25, 0.3) is 0 Å². The molecule has 2 aromatic heterocycles. The number of thiophene rings is 1. The summed E-state index contributed by atoms with van der Waals surface area (Å²) in [6, 6.07) is 6.74. The van der Waals surface area contributed by atoms with Crippen LogP contribution in [0.4, 0.5) is 0 Å². The largest absolute Gasteiger partial charge is 0.309 e. The Morgan fingerprint density at radius 3 is 2.82 bits per heavy atom. The molecule has 0 aliphatic heterocycles. The number of hydrogen-bond acceptors (Lipinski definition) is 3. The standard InChI is InChI=1S/C13H15BrN2S/c1-3-11-4-5-12(17-11)13(15-2)9-6-10(14)8-16-7-9/h4-8,13,15H,3H2,1-2H3. The first kappa shape index (κ1) is 12.7. The molecule has 2 heterocycles. The van der Waals surface area contributed by atoms with E-state index < -0.39 is 0 Å². The van der Waals surface area contributed by atoms with Gasteiger partial charge in [0.2, 0.25) is 0 Å². The van der Waals surface area contributed by atoms with Crippen LogP contribution in [-0.4, -0.2) is 12.0 Å². The van der Waals surface area contributed by atoms with Gasteiger partial charge in [0.25, 0.3) is 0 Å². The molecule has 1 atom stereocenters. The molecule has 0 saturated carbocycles. The molecule has 17 heavy (non-hydrogen) atoms. The first-order valence-corrected chi connectivity index (χ1v) is 7.22. The minimum absolute atomic E-state index is 0.227. The Morgan fingerprint density at radius 1 is 1.41 bits per heavy atom. The predicted octanol–water partition coefficient (Wildman–Crippen LogP) is 3.78. The molecule has 0 bridgehead atoms. The first-order chi connectivity index (χ1) is 8.24. The average Bonchev–Trinajstić information content (AvgIpc) is 2.79. The molecular weight excluding hydrogens is 296 g/mol. The smallest absolute Gasteiger partial charge is 0.0684 e. The lowest BCUT2D eigenvalue weighted by Gasteiger charge is -2.14. The Balaban J connectivity index is 2.33. The van der Waals surface area contributed by atoms with E-state index in [2.05, 4.69) is 51.4 Å². The number of rotatable bonds is 4. The Kier molecular flexibility index (Phi) is 4.31. The van der Waals surface area contributed by atoms with Crippen molar-refractivity contribution >= 4 is 27.3 Å². The monoisotopic (exact) mass is 310 g/mol. The number of halogens is 1. The summed E-state index contributed by atoms with van der Waals surface area (Å²) in [5.41, 5.74) is 1.19. The van der Waals surface area contributed by atoms with Crippen LogP contribution in [0.2, 0.25) is 0 Å². The van der Waals surface area contributed by atoms with Crippen LogP contribution in [0.5, 0.6) is 0 Å². The van der Waals surface area contributed by atoms with Gasteiger partial charge < -0.3 is 5.32 Å². The fourth-order valence-electron chi connectivity index (χ4n) is 1.80. The number of hydrogen-bond donors (Lipinski definition) is 1. The normalized spacial score (nSPS) is 12.6. The highest BCUT2D eigenvalue weighted by Crippen LogP contribution is 2.29. The summed E-state index contributed by atoms with van der Waals surface area (Å²) in [5, 5.41) is 3.35. The van der Waals surface area contributed by atoms with Crippen molar-refractivity contribution in [1.82, 2.24) is 10.3 Å². The highest BCUT2D eigenvalue weighted by Gasteiger charge is 2.14. The number of aryl methyl sites for hydroxylation is 1. The van der Waals surface area contributed by atoms with Gasteiger partial charge in [-0.15, -0.1) is 11.3 Å². The van der Waals surface area contributed by atoms with Gasteiger partial charge in [-0.05, 0) is 53.2 Å². The third-order valence-electron chi connectivity index (χ3n) is 2.66. The van der Waals surface area contributed by atoms with Crippen LogP contribution in [0.15, 0.2) is 35.1 Å². The van der Waals surface area contributed by atoms with E-state index in [0.717, 1.165) is 10.9 Å². The molecule has 0 aliphatic rings. The van der Waals surface area contributed by atoms with E-state index in [1.54, 1.807) is 0 Å². The van der Waals surface area contributed by atoms with Crippen molar-refractivity contribution in [3.05, 3.63) is 50.4 Å². The molecule has 2 rings (SSSR count). The van der Waals surface area contributed by atoms with Crippen LogP contribution < -0.4 is 5.32 Å². The third-order valence-corrected chi connectivity index (χ3v) is 4.39. The molecule has 0 radical (unpaired) electrons. The molecule has 2 nitrogen and oxygen atoms in total. The highest BCUT2D eigenvalue weighted by atomic mass is 79.9. The fraction of sp³-hybridized carbons (Fsp3) is 0.308.